The highest BCUT2D eigenvalue weighted by molar-refractivity contribution is 7.99. The standard InChI is InChI=1S/C27H28FN7O6S2/c1-16-13-22(33-32-16)29-25-24(40-3)26(34-11-12-41-14-17(34)2)31-27(30-25)42-19-7-9-20(10-8-19)43(38,39)15-18-5-4-6-21(23(18)28)35(36)37/h4-10,13,17H,11-12,14-15H2,1-3H3,(H2,29,30,31,32,33)/t17-/m0/s1. The summed E-state index contributed by atoms with van der Waals surface area (Å²) in [6, 6.07) is 11.3. The minimum Gasteiger partial charge on any atom is -0.490 e. The number of H-pyrrole nitrogens is 1. The van der Waals surface area contributed by atoms with Gasteiger partial charge in [-0.25, -0.2) is 18.4 Å². The van der Waals surface area contributed by atoms with Gasteiger partial charge in [0.15, 0.2) is 32.4 Å². The first-order valence-electron chi connectivity index (χ1n) is 13.1. The molecule has 0 radical (unpaired) electrons. The van der Waals surface area contributed by atoms with Crippen molar-refractivity contribution in [1.82, 2.24) is 20.2 Å². The molecule has 0 amide bonds. The molecule has 1 atom stereocenters. The molecule has 226 valence electrons. The molecule has 16 heteroatoms. The van der Waals surface area contributed by atoms with Gasteiger partial charge in [-0.2, -0.15) is 9.49 Å². The summed E-state index contributed by atoms with van der Waals surface area (Å²) in [5.41, 5.74) is -0.201. The predicted octanol–water partition coefficient (Wildman–Crippen LogP) is 4.66. The number of hydrogen-bond acceptors (Lipinski definition) is 12. The molecule has 1 aliphatic heterocycles. The van der Waals surface area contributed by atoms with Crippen LogP contribution >= 0.6 is 11.8 Å². The largest absolute Gasteiger partial charge is 0.490 e. The number of aromatic nitrogens is 4. The summed E-state index contributed by atoms with van der Waals surface area (Å²) in [6.45, 7) is 5.54. The van der Waals surface area contributed by atoms with E-state index < -0.39 is 32.0 Å². The summed E-state index contributed by atoms with van der Waals surface area (Å²) >= 11 is 1.21. The quantitative estimate of drug-likeness (QED) is 0.142. The second kappa shape index (κ2) is 12.5. The molecular weight excluding hydrogens is 601 g/mol. The number of morpholine rings is 1. The molecule has 2 aromatic heterocycles. The fourth-order valence-corrected chi connectivity index (χ4v) is 6.61. The summed E-state index contributed by atoms with van der Waals surface area (Å²) in [4.78, 5) is 22.3. The Morgan fingerprint density at radius 1 is 1.26 bits per heavy atom. The van der Waals surface area contributed by atoms with E-state index in [0.717, 1.165) is 11.8 Å². The maximum atomic E-state index is 14.5. The second-order valence-corrected chi connectivity index (χ2v) is 12.8. The number of benzene rings is 2. The van der Waals surface area contributed by atoms with Crippen LogP contribution in [0, 0.1) is 22.9 Å². The van der Waals surface area contributed by atoms with E-state index in [-0.39, 0.29) is 16.5 Å². The molecule has 0 unspecified atom stereocenters. The summed E-state index contributed by atoms with van der Waals surface area (Å²) in [5, 5.41) is 21.7. The first-order chi connectivity index (χ1) is 20.6. The first-order valence-corrected chi connectivity index (χ1v) is 15.5. The van der Waals surface area contributed by atoms with Crippen LogP contribution in [-0.4, -0.2) is 66.4 Å². The Labute approximate surface area is 250 Å². The number of nitrogens with one attached hydrogen (secondary N) is 2. The van der Waals surface area contributed by atoms with Gasteiger partial charge in [0.2, 0.25) is 11.6 Å². The number of aryl methyl sites for hydroxylation is 1. The van der Waals surface area contributed by atoms with Gasteiger partial charge in [0.1, 0.15) is 0 Å². The van der Waals surface area contributed by atoms with Crippen LogP contribution in [0.5, 0.6) is 5.75 Å². The Hall–Kier alpha value is -4.28. The van der Waals surface area contributed by atoms with Crippen molar-refractivity contribution in [3.63, 3.8) is 0 Å². The summed E-state index contributed by atoms with van der Waals surface area (Å²) in [6.07, 6.45) is 0. The maximum Gasteiger partial charge on any atom is 0.305 e. The van der Waals surface area contributed by atoms with Crippen LogP contribution in [0.2, 0.25) is 0 Å². The van der Waals surface area contributed by atoms with Crippen LogP contribution in [0.25, 0.3) is 0 Å². The summed E-state index contributed by atoms with van der Waals surface area (Å²) < 4.78 is 51.9. The number of hydrogen-bond donors (Lipinski definition) is 2. The normalized spacial score (nSPS) is 15.3. The molecule has 5 rings (SSSR count). The number of nitrogens with zero attached hydrogens (tertiary/aromatic N) is 5. The van der Waals surface area contributed by atoms with E-state index in [1.165, 1.54) is 36.0 Å². The number of halogens is 1. The van der Waals surface area contributed by atoms with E-state index in [2.05, 4.69) is 25.4 Å². The van der Waals surface area contributed by atoms with Crippen molar-refractivity contribution in [2.45, 2.75) is 40.6 Å². The molecule has 4 aromatic rings. The Kier molecular flexibility index (Phi) is 8.79. The fourth-order valence-electron chi connectivity index (χ4n) is 4.50. The number of nitro benzene ring substituents is 1. The Bertz CT molecular complexity index is 1750. The van der Waals surface area contributed by atoms with Crippen molar-refractivity contribution in [1.29, 1.82) is 0 Å². The van der Waals surface area contributed by atoms with Gasteiger partial charge < -0.3 is 19.7 Å². The summed E-state index contributed by atoms with van der Waals surface area (Å²) in [7, 11) is -2.46. The number of aromatic amines is 1. The van der Waals surface area contributed by atoms with E-state index in [1.54, 1.807) is 19.2 Å². The zero-order chi connectivity index (χ0) is 30.7. The number of ether oxygens (including phenoxy) is 2. The van der Waals surface area contributed by atoms with Crippen molar-refractivity contribution < 1.29 is 27.2 Å². The maximum absolute atomic E-state index is 14.5. The third-order valence-electron chi connectivity index (χ3n) is 6.62. The zero-order valence-corrected chi connectivity index (χ0v) is 25.0. The lowest BCUT2D eigenvalue weighted by Crippen LogP contribution is -2.44. The van der Waals surface area contributed by atoms with Gasteiger partial charge in [-0.15, -0.1) is 0 Å². The van der Waals surface area contributed by atoms with E-state index in [9.17, 15) is 22.9 Å². The molecule has 13 nitrogen and oxygen atoms in total. The molecule has 0 saturated carbocycles. The lowest BCUT2D eigenvalue weighted by Gasteiger charge is -2.35. The lowest BCUT2D eigenvalue weighted by atomic mass is 10.2. The minimum atomic E-state index is -4.00. The van der Waals surface area contributed by atoms with E-state index >= 15 is 0 Å². The Morgan fingerprint density at radius 3 is 2.67 bits per heavy atom. The number of methoxy groups -OCH3 is 1. The molecule has 1 aliphatic rings. The van der Waals surface area contributed by atoms with E-state index in [1.807, 2.05) is 19.9 Å². The average molecular weight is 630 g/mol. The van der Waals surface area contributed by atoms with Gasteiger partial charge in [0.05, 0.1) is 41.9 Å². The molecule has 0 bridgehead atoms. The SMILES string of the molecule is COc1c(Nc2cc(C)[nH]n2)nc(Sc2ccc(S(=O)(=O)Cc3cccc([N+](=O)[O-])c3F)cc2)nc1N1CCOC[C@@H]1C. The van der Waals surface area contributed by atoms with Gasteiger partial charge in [-0.1, -0.05) is 12.1 Å². The molecule has 43 heavy (non-hydrogen) atoms. The zero-order valence-electron chi connectivity index (χ0n) is 23.4. The van der Waals surface area contributed by atoms with Crippen molar-refractivity contribution in [2.75, 3.05) is 37.1 Å². The Morgan fingerprint density at radius 2 is 2.02 bits per heavy atom. The van der Waals surface area contributed by atoms with Crippen molar-refractivity contribution >= 4 is 44.7 Å². The lowest BCUT2D eigenvalue weighted by molar-refractivity contribution is -0.387. The monoisotopic (exact) mass is 629 g/mol. The van der Waals surface area contributed by atoms with Crippen LogP contribution in [0.15, 0.2) is 63.5 Å². The highest BCUT2D eigenvalue weighted by Gasteiger charge is 2.28. The molecular formula is C27H28FN7O6S2. The van der Waals surface area contributed by atoms with E-state index in [4.69, 9.17) is 14.5 Å². The predicted molar refractivity (Wildman–Crippen MR) is 157 cm³/mol. The van der Waals surface area contributed by atoms with Gasteiger partial charge >= 0.3 is 5.69 Å². The minimum absolute atomic E-state index is 0.0243. The highest BCUT2D eigenvalue weighted by Crippen LogP contribution is 2.39. The molecule has 0 aliphatic carbocycles. The van der Waals surface area contributed by atoms with Gasteiger partial charge in [0.25, 0.3) is 0 Å². The third-order valence-corrected chi connectivity index (χ3v) is 9.17. The van der Waals surface area contributed by atoms with Crippen LogP contribution in [0.1, 0.15) is 18.2 Å². The average Bonchev–Trinajstić information content (AvgIpc) is 3.38. The van der Waals surface area contributed by atoms with Crippen molar-refractivity contribution in [3.8, 4) is 5.75 Å². The summed E-state index contributed by atoms with van der Waals surface area (Å²) in [5.74, 6) is 0.0637. The topological polar surface area (TPSA) is 165 Å². The molecule has 2 aromatic carbocycles. The Balaban J connectivity index is 1.43. The first kappa shape index (κ1) is 30.2. The number of nitro groups is 1. The third kappa shape index (κ3) is 6.71. The van der Waals surface area contributed by atoms with Crippen molar-refractivity contribution in [2.24, 2.45) is 0 Å². The van der Waals surface area contributed by atoms with Crippen LogP contribution in [-0.2, 0) is 20.3 Å². The van der Waals surface area contributed by atoms with Crippen LogP contribution in [0.3, 0.4) is 0 Å². The van der Waals surface area contributed by atoms with Gasteiger partial charge in [-0.3, -0.25) is 15.2 Å². The molecule has 2 N–H and O–H groups in total. The van der Waals surface area contributed by atoms with E-state index in [0.29, 0.717) is 53.0 Å². The number of anilines is 3. The van der Waals surface area contributed by atoms with Crippen molar-refractivity contribution in [3.05, 3.63) is 75.7 Å². The van der Waals surface area contributed by atoms with Gasteiger partial charge in [0, 0.05) is 34.8 Å². The molecule has 3 heterocycles. The molecule has 1 fully saturated rings. The number of sulfone groups is 1. The van der Waals surface area contributed by atoms with Gasteiger partial charge in [-0.05, 0) is 49.9 Å². The number of rotatable bonds is 10. The molecule has 1 saturated heterocycles. The molecule has 0 spiro atoms. The smallest absolute Gasteiger partial charge is 0.305 e. The highest BCUT2D eigenvalue weighted by atomic mass is 32.2. The second-order valence-electron chi connectivity index (χ2n) is 9.73. The van der Waals surface area contributed by atoms with Crippen LogP contribution < -0.4 is 15.0 Å². The van der Waals surface area contributed by atoms with Crippen LogP contribution in [0.4, 0.5) is 27.5 Å². The fraction of sp³-hybridized carbons (Fsp3) is 0.296.